The van der Waals surface area contributed by atoms with Crippen LogP contribution in [0.5, 0.6) is 0 Å². The van der Waals surface area contributed by atoms with Crippen LogP contribution in [0.2, 0.25) is 0 Å². The fourth-order valence-corrected chi connectivity index (χ4v) is 1.85. The number of ketones is 1. The van der Waals surface area contributed by atoms with Gasteiger partial charge in [0.1, 0.15) is 5.78 Å². The molecule has 0 aromatic heterocycles. The van der Waals surface area contributed by atoms with E-state index in [1.165, 1.54) is 0 Å². The minimum Gasteiger partial charge on any atom is -0.381 e. The average molecular weight is 196 g/mol. The summed E-state index contributed by atoms with van der Waals surface area (Å²) in [5, 5.41) is 0. The molecule has 1 aliphatic rings. The fraction of sp³-hybridized carbons (Fsp3) is 0.750. The number of carbonyl (C=O) groups is 1. The van der Waals surface area contributed by atoms with Gasteiger partial charge in [-0.2, -0.15) is 0 Å². The molecule has 1 atom stereocenters. The third-order valence-electron chi connectivity index (χ3n) is 2.74. The maximum absolute atomic E-state index is 11.3. The van der Waals surface area contributed by atoms with Gasteiger partial charge in [0.25, 0.3) is 0 Å². The first kappa shape index (κ1) is 11.4. The fourth-order valence-electron chi connectivity index (χ4n) is 1.85. The lowest BCUT2D eigenvalue weighted by Crippen LogP contribution is -2.10. The lowest BCUT2D eigenvalue weighted by atomic mass is 10.0. The van der Waals surface area contributed by atoms with E-state index in [1.807, 2.05) is 6.08 Å². The van der Waals surface area contributed by atoms with Crippen molar-refractivity contribution in [1.29, 1.82) is 0 Å². The second kappa shape index (κ2) is 6.77. The standard InChI is InChI=1S/C12H20O2/c1-2-3-4-9-14-10-8-11-6-5-7-12(11)13/h2,11H,1,3-10H2. The molecule has 2 heteroatoms. The molecule has 0 bridgehead atoms. The Morgan fingerprint density at radius 1 is 1.50 bits per heavy atom. The zero-order valence-electron chi connectivity index (χ0n) is 8.84. The van der Waals surface area contributed by atoms with E-state index < -0.39 is 0 Å². The highest BCUT2D eigenvalue weighted by Gasteiger charge is 2.23. The molecule has 0 saturated heterocycles. The van der Waals surface area contributed by atoms with Gasteiger partial charge in [0.15, 0.2) is 0 Å². The smallest absolute Gasteiger partial charge is 0.136 e. The average Bonchev–Trinajstić information content (AvgIpc) is 2.58. The molecule has 0 spiro atoms. The molecule has 0 aromatic carbocycles. The van der Waals surface area contributed by atoms with Crippen LogP contribution in [0.25, 0.3) is 0 Å². The number of rotatable bonds is 7. The van der Waals surface area contributed by atoms with Crippen LogP contribution >= 0.6 is 0 Å². The van der Waals surface area contributed by atoms with Crippen molar-refractivity contribution < 1.29 is 9.53 Å². The van der Waals surface area contributed by atoms with E-state index in [1.54, 1.807) is 0 Å². The first-order valence-corrected chi connectivity index (χ1v) is 5.56. The van der Waals surface area contributed by atoms with E-state index in [9.17, 15) is 4.79 Å². The molecule has 1 aliphatic carbocycles. The molecule has 1 saturated carbocycles. The van der Waals surface area contributed by atoms with E-state index >= 15 is 0 Å². The number of hydrogen-bond acceptors (Lipinski definition) is 2. The van der Waals surface area contributed by atoms with Crippen LogP contribution < -0.4 is 0 Å². The highest BCUT2D eigenvalue weighted by Crippen LogP contribution is 2.23. The number of ether oxygens (including phenoxy) is 1. The molecule has 0 radical (unpaired) electrons. The van der Waals surface area contributed by atoms with Crippen LogP contribution in [0.3, 0.4) is 0 Å². The predicted octanol–water partition coefficient (Wildman–Crippen LogP) is 2.73. The Hall–Kier alpha value is -0.630. The normalized spacial score (nSPS) is 21.4. The summed E-state index contributed by atoms with van der Waals surface area (Å²) in [6, 6.07) is 0. The monoisotopic (exact) mass is 196 g/mol. The van der Waals surface area contributed by atoms with Crippen molar-refractivity contribution in [1.82, 2.24) is 0 Å². The molecular weight excluding hydrogens is 176 g/mol. The lowest BCUT2D eigenvalue weighted by molar-refractivity contribution is -0.121. The molecule has 1 fully saturated rings. The van der Waals surface area contributed by atoms with Crippen LogP contribution in [-0.4, -0.2) is 19.0 Å². The van der Waals surface area contributed by atoms with Gasteiger partial charge in [-0.3, -0.25) is 4.79 Å². The number of carbonyl (C=O) groups excluding carboxylic acids is 1. The SMILES string of the molecule is C=CCCCOCCC1CCCC1=O. The van der Waals surface area contributed by atoms with E-state index in [0.29, 0.717) is 11.7 Å². The minimum atomic E-state index is 0.300. The zero-order valence-corrected chi connectivity index (χ0v) is 8.84. The number of unbranched alkanes of at least 4 members (excludes halogenated alkanes) is 1. The molecule has 0 aromatic rings. The summed E-state index contributed by atoms with van der Waals surface area (Å²) < 4.78 is 5.45. The van der Waals surface area contributed by atoms with E-state index in [2.05, 4.69) is 6.58 Å². The summed E-state index contributed by atoms with van der Waals surface area (Å²) >= 11 is 0. The van der Waals surface area contributed by atoms with Gasteiger partial charge in [-0.1, -0.05) is 6.08 Å². The second-order valence-corrected chi connectivity index (χ2v) is 3.89. The largest absolute Gasteiger partial charge is 0.381 e. The molecule has 14 heavy (non-hydrogen) atoms. The van der Waals surface area contributed by atoms with Gasteiger partial charge in [0.05, 0.1) is 0 Å². The third-order valence-corrected chi connectivity index (χ3v) is 2.74. The Morgan fingerprint density at radius 3 is 3.00 bits per heavy atom. The van der Waals surface area contributed by atoms with Gasteiger partial charge >= 0.3 is 0 Å². The summed E-state index contributed by atoms with van der Waals surface area (Å²) in [5.41, 5.74) is 0. The number of hydrogen-bond donors (Lipinski definition) is 0. The van der Waals surface area contributed by atoms with E-state index in [-0.39, 0.29) is 0 Å². The highest BCUT2D eigenvalue weighted by molar-refractivity contribution is 5.82. The summed E-state index contributed by atoms with van der Waals surface area (Å²) in [6.07, 6.45) is 7.84. The minimum absolute atomic E-state index is 0.300. The third kappa shape index (κ3) is 4.05. The Labute approximate surface area is 86.3 Å². The van der Waals surface area contributed by atoms with Crippen LogP contribution in [-0.2, 0) is 9.53 Å². The zero-order chi connectivity index (χ0) is 10.2. The molecule has 0 aliphatic heterocycles. The molecule has 1 rings (SSSR count). The first-order chi connectivity index (χ1) is 6.84. The lowest BCUT2D eigenvalue weighted by Gasteiger charge is -2.07. The predicted molar refractivity (Wildman–Crippen MR) is 57.2 cm³/mol. The molecule has 0 N–H and O–H groups in total. The molecular formula is C12H20O2. The van der Waals surface area contributed by atoms with Crippen LogP contribution in [0, 0.1) is 5.92 Å². The topological polar surface area (TPSA) is 26.3 Å². The van der Waals surface area contributed by atoms with Crippen molar-refractivity contribution in [3.8, 4) is 0 Å². The Balaban J connectivity index is 1.93. The van der Waals surface area contributed by atoms with Crippen molar-refractivity contribution in [2.24, 2.45) is 5.92 Å². The molecule has 1 unspecified atom stereocenters. The quantitative estimate of drug-likeness (QED) is 0.462. The van der Waals surface area contributed by atoms with Crippen molar-refractivity contribution in [3.05, 3.63) is 12.7 Å². The maximum Gasteiger partial charge on any atom is 0.136 e. The van der Waals surface area contributed by atoms with Gasteiger partial charge in [0, 0.05) is 25.6 Å². The number of allylic oxidation sites excluding steroid dienone is 1. The van der Waals surface area contributed by atoms with Crippen molar-refractivity contribution in [3.63, 3.8) is 0 Å². The number of Topliss-reactive ketones (excluding diaryl/α,β-unsaturated/α-hetero) is 1. The van der Waals surface area contributed by atoms with Crippen molar-refractivity contribution in [2.45, 2.75) is 38.5 Å². The van der Waals surface area contributed by atoms with Gasteiger partial charge < -0.3 is 4.74 Å². The molecule has 80 valence electrons. The Kier molecular flexibility index (Phi) is 5.53. The van der Waals surface area contributed by atoms with Gasteiger partial charge in [0.2, 0.25) is 0 Å². The summed E-state index contributed by atoms with van der Waals surface area (Å²) in [5.74, 6) is 0.745. The van der Waals surface area contributed by atoms with Crippen LogP contribution in [0.4, 0.5) is 0 Å². The maximum atomic E-state index is 11.3. The van der Waals surface area contributed by atoms with Crippen molar-refractivity contribution in [2.75, 3.05) is 13.2 Å². The van der Waals surface area contributed by atoms with Gasteiger partial charge in [-0.25, -0.2) is 0 Å². The van der Waals surface area contributed by atoms with Gasteiger partial charge in [-0.15, -0.1) is 6.58 Å². The first-order valence-electron chi connectivity index (χ1n) is 5.56. The summed E-state index contributed by atoms with van der Waals surface area (Å²) in [6.45, 7) is 5.19. The molecule has 0 heterocycles. The van der Waals surface area contributed by atoms with E-state index in [0.717, 1.165) is 51.7 Å². The van der Waals surface area contributed by atoms with Crippen LogP contribution in [0.1, 0.15) is 38.5 Å². The van der Waals surface area contributed by atoms with Gasteiger partial charge in [-0.05, 0) is 32.1 Å². The molecule has 0 amide bonds. The summed E-state index contributed by atoms with van der Waals surface area (Å²) in [7, 11) is 0. The molecule has 2 nitrogen and oxygen atoms in total. The highest BCUT2D eigenvalue weighted by atomic mass is 16.5. The van der Waals surface area contributed by atoms with Crippen LogP contribution in [0.15, 0.2) is 12.7 Å². The Morgan fingerprint density at radius 2 is 2.36 bits per heavy atom. The van der Waals surface area contributed by atoms with E-state index in [4.69, 9.17) is 4.74 Å². The Bertz CT molecular complexity index is 187. The summed E-state index contributed by atoms with van der Waals surface area (Å²) in [4.78, 5) is 11.3. The second-order valence-electron chi connectivity index (χ2n) is 3.89. The van der Waals surface area contributed by atoms with Crippen molar-refractivity contribution >= 4 is 5.78 Å².